The predicted octanol–water partition coefficient (Wildman–Crippen LogP) is 5.50. The SMILES string of the molecule is CCN(CC)c1ccc(NC(=O)C=Cc2ccc(SC(F)F)cc2)cc1. The minimum atomic E-state index is -2.43. The fourth-order valence-corrected chi connectivity index (χ4v) is 2.96. The van der Waals surface area contributed by atoms with Gasteiger partial charge in [0, 0.05) is 35.4 Å². The van der Waals surface area contributed by atoms with E-state index >= 15 is 0 Å². The molecule has 0 radical (unpaired) electrons. The van der Waals surface area contributed by atoms with Crippen LogP contribution in [-0.4, -0.2) is 24.8 Å². The van der Waals surface area contributed by atoms with E-state index in [-0.39, 0.29) is 5.91 Å². The minimum Gasteiger partial charge on any atom is -0.372 e. The molecule has 0 unspecified atom stereocenters. The molecule has 0 saturated heterocycles. The van der Waals surface area contributed by atoms with Crippen LogP contribution < -0.4 is 10.2 Å². The Labute approximate surface area is 157 Å². The van der Waals surface area contributed by atoms with Gasteiger partial charge in [-0.05, 0) is 61.9 Å². The molecular weight excluding hydrogens is 354 g/mol. The number of alkyl halides is 2. The number of anilines is 2. The standard InChI is InChI=1S/C20H22F2N2OS/c1-3-24(4-2)17-10-8-16(9-11-17)23-19(25)14-7-15-5-12-18(13-6-15)26-20(21)22/h5-14,20H,3-4H2,1-2H3,(H,23,25). The Morgan fingerprint density at radius 1 is 1.08 bits per heavy atom. The third-order valence-corrected chi connectivity index (χ3v) is 4.52. The van der Waals surface area contributed by atoms with Gasteiger partial charge in [-0.3, -0.25) is 4.79 Å². The van der Waals surface area contributed by atoms with Gasteiger partial charge < -0.3 is 10.2 Å². The number of carbonyl (C=O) groups is 1. The Morgan fingerprint density at radius 2 is 1.69 bits per heavy atom. The molecule has 1 N–H and O–H groups in total. The molecule has 0 aliphatic heterocycles. The van der Waals surface area contributed by atoms with E-state index in [0.717, 1.165) is 30.0 Å². The molecule has 0 saturated carbocycles. The van der Waals surface area contributed by atoms with E-state index in [4.69, 9.17) is 0 Å². The van der Waals surface area contributed by atoms with Crippen molar-refractivity contribution in [3.63, 3.8) is 0 Å². The first kappa shape index (κ1) is 20.0. The molecule has 6 heteroatoms. The second kappa shape index (κ2) is 9.97. The van der Waals surface area contributed by atoms with E-state index in [1.807, 2.05) is 24.3 Å². The van der Waals surface area contributed by atoms with Crippen molar-refractivity contribution in [3.8, 4) is 0 Å². The van der Waals surface area contributed by atoms with Gasteiger partial charge in [-0.1, -0.05) is 23.9 Å². The summed E-state index contributed by atoms with van der Waals surface area (Å²) in [6.07, 6.45) is 3.07. The van der Waals surface area contributed by atoms with Gasteiger partial charge >= 0.3 is 0 Å². The summed E-state index contributed by atoms with van der Waals surface area (Å²) < 4.78 is 24.6. The lowest BCUT2D eigenvalue weighted by Crippen LogP contribution is -2.21. The summed E-state index contributed by atoms with van der Waals surface area (Å²) >= 11 is 0.499. The molecule has 0 aliphatic carbocycles. The largest absolute Gasteiger partial charge is 0.372 e. The fourth-order valence-electron chi connectivity index (χ4n) is 2.46. The molecule has 0 bridgehead atoms. The van der Waals surface area contributed by atoms with Crippen molar-refractivity contribution in [3.05, 3.63) is 60.2 Å². The molecule has 2 aromatic carbocycles. The van der Waals surface area contributed by atoms with E-state index in [1.54, 1.807) is 30.3 Å². The fraction of sp³-hybridized carbons (Fsp3) is 0.250. The maximum absolute atomic E-state index is 12.3. The first-order valence-electron chi connectivity index (χ1n) is 8.40. The second-order valence-corrected chi connectivity index (χ2v) is 6.55. The summed E-state index contributed by atoms with van der Waals surface area (Å²) in [5.41, 5.74) is 2.61. The highest BCUT2D eigenvalue weighted by atomic mass is 32.2. The lowest BCUT2D eigenvalue weighted by molar-refractivity contribution is -0.111. The highest BCUT2D eigenvalue weighted by Crippen LogP contribution is 2.25. The number of hydrogen-bond donors (Lipinski definition) is 1. The zero-order valence-corrected chi connectivity index (χ0v) is 15.6. The molecule has 2 rings (SSSR count). The van der Waals surface area contributed by atoms with Crippen LogP contribution in [0.3, 0.4) is 0 Å². The zero-order valence-electron chi connectivity index (χ0n) is 14.8. The number of hydrogen-bond acceptors (Lipinski definition) is 3. The number of nitrogens with one attached hydrogen (secondary N) is 1. The molecule has 0 aliphatic rings. The van der Waals surface area contributed by atoms with Crippen LogP contribution in [0.1, 0.15) is 19.4 Å². The molecule has 1 amide bonds. The number of benzene rings is 2. The molecule has 2 aromatic rings. The quantitative estimate of drug-likeness (QED) is 0.488. The second-order valence-electron chi connectivity index (χ2n) is 5.49. The van der Waals surface area contributed by atoms with Crippen LogP contribution in [0.15, 0.2) is 59.5 Å². The van der Waals surface area contributed by atoms with Crippen molar-refractivity contribution in [2.45, 2.75) is 24.5 Å². The first-order valence-corrected chi connectivity index (χ1v) is 9.28. The first-order chi connectivity index (χ1) is 12.5. The van der Waals surface area contributed by atoms with Gasteiger partial charge in [-0.15, -0.1) is 0 Å². The maximum Gasteiger partial charge on any atom is 0.288 e. The number of rotatable bonds is 8. The molecule has 3 nitrogen and oxygen atoms in total. The molecular formula is C20H22F2N2OS. The molecule has 0 fully saturated rings. The maximum atomic E-state index is 12.3. The summed E-state index contributed by atoms with van der Waals surface area (Å²) in [6.45, 7) is 6.06. The van der Waals surface area contributed by atoms with Gasteiger partial charge in [-0.2, -0.15) is 8.78 Å². The smallest absolute Gasteiger partial charge is 0.288 e. The van der Waals surface area contributed by atoms with Crippen molar-refractivity contribution < 1.29 is 13.6 Å². The average Bonchev–Trinajstić information content (AvgIpc) is 2.63. The van der Waals surface area contributed by atoms with Gasteiger partial charge in [0.25, 0.3) is 5.76 Å². The van der Waals surface area contributed by atoms with Crippen LogP contribution in [0, 0.1) is 0 Å². The number of amides is 1. The van der Waals surface area contributed by atoms with Crippen LogP contribution in [0.5, 0.6) is 0 Å². The van der Waals surface area contributed by atoms with Gasteiger partial charge in [0.2, 0.25) is 5.91 Å². The molecule has 0 spiro atoms. The Bertz CT molecular complexity index is 726. The summed E-state index contributed by atoms with van der Waals surface area (Å²) in [7, 11) is 0. The molecule has 138 valence electrons. The molecule has 0 atom stereocenters. The van der Waals surface area contributed by atoms with Crippen LogP contribution in [0.4, 0.5) is 20.2 Å². The number of nitrogens with zero attached hydrogens (tertiary/aromatic N) is 1. The number of carbonyl (C=O) groups excluding carboxylic acids is 1. The Kier molecular flexibility index (Phi) is 7.66. The van der Waals surface area contributed by atoms with Crippen LogP contribution >= 0.6 is 11.8 Å². The highest BCUT2D eigenvalue weighted by Gasteiger charge is 2.05. The predicted molar refractivity (Wildman–Crippen MR) is 106 cm³/mol. The normalized spacial score (nSPS) is 11.1. The van der Waals surface area contributed by atoms with Gasteiger partial charge in [0.1, 0.15) is 0 Å². The lowest BCUT2D eigenvalue weighted by Gasteiger charge is -2.21. The van der Waals surface area contributed by atoms with E-state index in [9.17, 15) is 13.6 Å². The average molecular weight is 376 g/mol. The summed E-state index contributed by atoms with van der Waals surface area (Å²) in [5, 5.41) is 2.80. The third kappa shape index (κ3) is 6.19. The van der Waals surface area contributed by atoms with Gasteiger partial charge in [-0.25, -0.2) is 0 Å². The van der Waals surface area contributed by atoms with Gasteiger partial charge in [0.15, 0.2) is 0 Å². The highest BCUT2D eigenvalue weighted by molar-refractivity contribution is 7.99. The van der Waals surface area contributed by atoms with E-state index in [2.05, 4.69) is 24.1 Å². The molecule has 0 aromatic heterocycles. The van der Waals surface area contributed by atoms with Crippen molar-refractivity contribution >= 4 is 35.1 Å². The molecule has 26 heavy (non-hydrogen) atoms. The van der Waals surface area contributed by atoms with Gasteiger partial charge in [0.05, 0.1) is 0 Å². The van der Waals surface area contributed by atoms with Crippen molar-refractivity contribution in [2.75, 3.05) is 23.3 Å². The van der Waals surface area contributed by atoms with Crippen LogP contribution in [0.2, 0.25) is 0 Å². The molecule has 0 heterocycles. The zero-order chi connectivity index (χ0) is 18.9. The number of halogens is 2. The van der Waals surface area contributed by atoms with E-state index in [0.29, 0.717) is 16.7 Å². The monoisotopic (exact) mass is 376 g/mol. The third-order valence-electron chi connectivity index (χ3n) is 3.80. The van der Waals surface area contributed by atoms with E-state index in [1.165, 1.54) is 6.08 Å². The summed E-state index contributed by atoms with van der Waals surface area (Å²) in [5.74, 6) is -2.68. The van der Waals surface area contributed by atoms with Crippen molar-refractivity contribution in [1.82, 2.24) is 0 Å². The minimum absolute atomic E-state index is 0.244. The van der Waals surface area contributed by atoms with Crippen molar-refractivity contribution in [2.24, 2.45) is 0 Å². The van der Waals surface area contributed by atoms with Crippen LogP contribution in [0.25, 0.3) is 6.08 Å². The Morgan fingerprint density at radius 3 is 2.23 bits per heavy atom. The van der Waals surface area contributed by atoms with Crippen LogP contribution in [-0.2, 0) is 4.79 Å². The summed E-state index contributed by atoms with van der Waals surface area (Å²) in [4.78, 5) is 14.7. The number of thioether (sulfide) groups is 1. The van der Waals surface area contributed by atoms with E-state index < -0.39 is 5.76 Å². The Balaban J connectivity index is 1.92. The van der Waals surface area contributed by atoms with Crippen molar-refractivity contribution in [1.29, 1.82) is 0 Å². The lowest BCUT2D eigenvalue weighted by atomic mass is 10.2. The summed E-state index contributed by atoms with van der Waals surface area (Å²) in [6, 6.07) is 14.3. The topological polar surface area (TPSA) is 32.3 Å². The Hall–Kier alpha value is -2.34.